The first-order chi connectivity index (χ1) is 14.9. The Balaban J connectivity index is 1.84. The SMILES string of the molecule is Cc1ccccc1C(=O)OB(OC(=O)c1ccccc1C)OC(=O)c1ccccc1C. The molecular weight excluding hydrogens is 395 g/mol. The van der Waals surface area contributed by atoms with Gasteiger partial charge in [0.15, 0.2) is 0 Å². The van der Waals surface area contributed by atoms with Crippen LogP contribution in [0, 0.1) is 20.8 Å². The largest absolute Gasteiger partial charge is 0.870 e. The molecule has 0 saturated heterocycles. The Morgan fingerprint density at radius 3 is 1.03 bits per heavy atom. The van der Waals surface area contributed by atoms with E-state index in [-0.39, 0.29) is 16.7 Å². The molecule has 3 aromatic rings. The van der Waals surface area contributed by atoms with Crippen molar-refractivity contribution in [2.24, 2.45) is 0 Å². The molecule has 0 radical (unpaired) electrons. The van der Waals surface area contributed by atoms with Gasteiger partial charge in [-0.05, 0) is 55.7 Å². The zero-order valence-electron chi connectivity index (χ0n) is 17.5. The quantitative estimate of drug-likeness (QED) is 0.552. The van der Waals surface area contributed by atoms with Crippen LogP contribution in [0.15, 0.2) is 72.8 Å². The topological polar surface area (TPSA) is 78.9 Å². The summed E-state index contributed by atoms with van der Waals surface area (Å²) in [6, 6.07) is 20.3. The normalized spacial score (nSPS) is 10.2. The van der Waals surface area contributed by atoms with Gasteiger partial charge in [-0.3, -0.25) is 0 Å². The molecule has 0 atom stereocenters. The van der Waals surface area contributed by atoms with Gasteiger partial charge in [-0.25, -0.2) is 14.4 Å². The van der Waals surface area contributed by atoms with Crippen molar-refractivity contribution >= 4 is 25.2 Å². The summed E-state index contributed by atoms with van der Waals surface area (Å²) in [5.41, 5.74) is 2.81. The second kappa shape index (κ2) is 9.76. The molecule has 0 aliphatic heterocycles. The molecule has 0 unspecified atom stereocenters. The van der Waals surface area contributed by atoms with Crippen molar-refractivity contribution in [3.63, 3.8) is 0 Å². The number of aryl methyl sites for hydroxylation is 3. The third-order valence-corrected chi connectivity index (χ3v) is 4.70. The Hall–Kier alpha value is -3.87. The van der Waals surface area contributed by atoms with Gasteiger partial charge in [-0.1, -0.05) is 54.6 Å². The van der Waals surface area contributed by atoms with Gasteiger partial charge < -0.3 is 14.0 Å². The van der Waals surface area contributed by atoms with Crippen LogP contribution in [0.5, 0.6) is 0 Å². The van der Waals surface area contributed by atoms with Crippen molar-refractivity contribution in [1.29, 1.82) is 0 Å². The summed E-state index contributed by atoms with van der Waals surface area (Å²) in [5, 5.41) is 0. The fourth-order valence-corrected chi connectivity index (χ4v) is 2.93. The molecule has 0 fully saturated rings. The summed E-state index contributed by atoms with van der Waals surface area (Å²) >= 11 is 0. The highest BCUT2D eigenvalue weighted by atomic mass is 16.8. The Kier molecular flexibility index (Phi) is 6.87. The summed E-state index contributed by atoms with van der Waals surface area (Å²) in [7, 11) is -1.86. The summed E-state index contributed by atoms with van der Waals surface area (Å²) in [5.74, 6) is -2.34. The van der Waals surface area contributed by atoms with Gasteiger partial charge in [0, 0.05) is 0 Å². The maximum absolute atomic E-state index is 12.6. The maximum Gasteiger partial charge on any atom is 0.870 e. The predicted octanol–water partition coefficient (Wildman–Crippen LogP) is 4.47. The van der Waals surface area contributed by atoms with Crippen LogP contribution in [0.25, 0.3) is 0 Å². The Morgan fingerprint density at radius 1 is 0.516 bits per heavy atom. The average molecular weight is 416 g/mol. The van der Waals surface area contributed by atoms with Crippen molar-refractivity contribution < 1.29 is 28.3 Å². The molecule has 6 nitrogen and oxygen atoms in total. The third-order valence-electron chi connectivity index (χ3n) is 4.70. The van der Waals surface area contributed by atoms with Gasteiger partial charge in [0.2, 0.25) is 0 Å². The van der Waals surface area contributed by atoms with Crippen LogP contribution in [0.2, 0.25) is 0 Å². The molecule has 31 heavy (non-hydrogen) atoms. The first-order valence-electron chi connectivity index (χ1n) is 9.66. The van der Waals surface area contributed by atoms with Crippen LogP contribution >= 0.6 is 0 Å². The van der Waals surface area contributed by atoms with Crippen LogP contribution < -0.4 is 0 Å². The number of hydrogen-bond acceptors (Lipinski definition) is 6. The van der Waals surface area contributed by atoms with Crippen molar-refractivity contribution in [2.45, 2.75) is 20.8 Å². The second-order valence-corrected chi connectivity index (χ2v) is 6.95. The monoisotopic (exact) mass is 416 g/mol. The van der Waals surface area contributed by atoms with Crippen molar-refractivity contribution in [2.75, 3.05) is 0 Å². The molecule has 0 aliphatic rings. The van der Waals surface area contributed by atoms with E-state index in [9.17, 15) is 14.4 Å². The van der Waals surface area contributed by atoms with E-state index in [0.29, 0.717) is 16.7 Å². The fraction of sp³-hybridized carbons (Fsp3) is 0.125. The lowest BCUT2D eigenvalue weighted by Crippen LogP contribution is -2.35. The van der Waals surface area contributed by atoms with Crippen LogP contribution in [0.3, 0.4) is 0 Å². The van der Waals surface area contributed by atoms with Gasteiger partial charge >= 0.3 is 25.2 Å². The number of rotatable bonds is 6. The summed E-state index contributed by atoms with van der Waals surface area (Å²) in [6.45, 7) is 5.22. The van der Waals surface area contributed by atoms with E-state index in [1.54, 1.807) is 93.6 Å². The van der Waals surface area contributed by atoms with Crippen LogP contribution in [0.4, 0.5) is 0 Å². The lowest BCUT2D eigenvalue weighted by atomic mass is 10.1. The molecule has 3 rings (SSSR count). The zero-order chi connectivity index (χ0) is 22.4. The summed E-state index contributed by atoms with van der Waals surface area (Å²) < 4.78 is 15.8. The first-order valence-corrected chi connectivity index (χ1v) is 9.66. The van der Waals surface area contributed by atoms with E-state index in [2.05, 4.69) is 0 Å². The molecule has 0 amide bonds. The molecule has 0 spiro atoms. The number of carbonyl (C=O) groups excluding carboxylic acids is 3. The highest BCUT2D eigenvalue weighted by Crippen LogP contribution is 2.15. The van der Waals surface area contributed by atoms with E-state index in [1.807, 2.05) is 0 Å². The molecule has 0 heterocycles. The predicted molar refractivity (Wildman–Crippen MR) is 116 cm³/mol. The van der Waals surface area contributed by atoms with E-state index in [1.165, 1.54) is 0 Å². The Morgan fingerprint density at radius 2 is 0.774 bits per heavy atom. The van der Waals surface area contributed by atoms with Crippen molar-refractivity contribution in [3.8, 4) is 0 Å². The van der Waals surface area contributed by atoms with Gasteiger partial charge in [-0.15, -0.1) is 0 Å². The van der Waals surface area contributed by atoms with E-state index < -0.39 is 25.2 Å². The smallest absolute Gasteiger partial charge is 0.458 e. The van der Waals surface area contributed by atoms with Gasteiger partial charge in [-0.2, -0.15) is 0 Å². The molecule has 7 heteroatoms. The molecule has 156 valence electrons. The van der Waals surface area contributed by atoms with Crippen molar-refractivity contribution in [3.05, 3.63) is 106 Å². The first kappa shape index (κ1) is 21.8. The molecule has 0 aromatic heterocycles. The van der Waals surface area contributed by atoms with Gasteiger partial charge in [0.1, 0.15) is 0 Å². The highest BCUT2D eigenvalue weighted by molar-refractivity contribution is 6.45. The molecule has 3 aromatic carbocycles. The van der Waals surface area contributed by atoms with Crippen molar-refractivity contribution in [1.82, 2.24) is 0 Å². The number of benzene rings is 3. The maximum atomic E-state index is 12.6. The highest BCUT2D eigenvalue weighted by Gasteiger charge is 2.38. The minimum Gasteiger partial charge on any atom is -0.458 e. The van der Waals surface area contributed by atoms with Gasteiger partial charge in [0.25, 0.3) is 0 Å². The molecular formula is C24H21BO6. The van der Waals surface area contributed by atoms with E-state index in [0.717, 1.165) is 0 Å². The van der Waals surface area contributed by atoms with Gasteiger partial charge in [0.05, 0.1) is 16.7 Å². The van der Waals surface area contributed by atoms with Crippen LogP contribution in [0.1, 0.15) is 47.8 Å². The van der Waals surface area contributed by atoms with Crippen LogP contribution in [-0.4, -0.2) is 25.2 Å². The molecule has 0 aliphatic carbocycles. The standard InChI is InChI=1S/C24H21BO6/c1-16-10-4-7-13-19(16)22(26)29-25(30-23(27)20-14-8-5-11-17(20)2)31-24(28)21-15-9-6-12-18(21)3/h4-15H,1-3H3. The lowest BCUT2D eigenvalue weighted by molar-refractivity contribution is 0.0409. The number of hydrogen-bond donors (Lipinski definition) is 0. The minimum atomic E-state index is -1.86. The fourth-order valence-electron chi connectivity index (χ4n) is 2.93. The zero-order valence-corrected chi connectivity index (χ0v) is 17.5. The summed E-state index contributed by atoms with van der Waals surface area (Å²) in [4.78, 5) is 37.9. The van der Waals surface area contributed by atoms with E-state index in [4.69, 9.17) is 14.0 Å². The van der Waals surface area contributed by atoms with E-state index >= 15 is 0 Å². The summed E-state index contributed by atoms with van der Waals surface area (Å²) in [6.07, 6.45) is 0. The molecule has 0 saturated carbocycles. The van der Waals surface area contributed by atoms with Crippen LogP contribution in [-0.2, 0) is 14.0 Å². The second-order valence-electron chi connectivity index (χ2n) is 6.95. The Bertz CT molecular complexity index is 983. The third kappa shape index (κ3) is 5.39. The minimum absolute atomic E-state index is 0.270. The molecule has 0 N–H and O–H groups in total. The Labute approximate surface area is 180 Å². The average Bonchev–Trinajstić information content (AvgIpc) is 2.74. The molecule has 0 bridgehead atoms. The number of carbonyl (C=O) groups is 3. The lowest BCUT2D eigenvalue weighted by Gasteiger charge is -2.15.